The van der Waals surface area contributed by atoms with E-state index in [0.717, 1.165) is 0 Å². The standard InChI is InChI=1S/C11H17N3O3S/c1-8(2)7-18(16,17)14-10-5-3-4-9(6-10)11(12)13-15/h3-6,8,14-15H,7H2,1-2H3,(H2,12,13). The number of hydrogen-bond donors (Lipinski definition) is 3. The lowest BCUT2D eigenvalue weighted by Gasteiger charge is -2.10. The van der Waals surface area contributed by atoms with E-state index in [1.165, 1.54) is 6.07 Å². The molecule has 1 aromatic rings. The minimum atomic E-state index is -3.38. The van der Waals surface area contributed by atoms with E-state index in [1.807, 2.05) is 13.8 Å². The number of nitrogens with one attached hydrogen (secondary N) is 1. The first-order valence-corrected chi connectivity index (χ1v) is 7.07. The zero-order valence-electron chi connectivity index (χ0n) is 10.3. The Hall–Kier alpha value is -1.76. The van der Waals surface area contributed by atoms with Crippen LogP contribution < -0.4 is 10.5 Å². The van der Waals surface area contributed by atoms with Crippen molar-refractivity contribution in [3.8, 4) is 0 Å². The van der Waals surface area contributed by atoms with E-state index in [9.17, 15) is 8.42 Å². The first-order chi connectivity index (χ1) is 8.34. The Morgan fingerprint density at radius 1 is 1.50 bits per heavy atom. The van der Waals surface area contributed by atoms with E-state index >= 15 is 0 Å². The predicted octanol–water partition coefficient (Wildman–Crippen LogP) is 1.18. The fraction of sp³-hybridized carbons (Fsp3) is 0.364. The summed E-state index contributed by atoms with van der Waals surface area (Å²) in [5, 5.41) is 11.4. The molecule has 1 rings (SSSR count). The van der Waals surface area contributed by atoms with Gasteiger partial charge in [0, 0.05) is 11.3 Å². The van der Waals surface area contributed by atoms with E-state index in [0.29, 0.717) is 11.3 Å². The van der Waals surface area contributed by atoms with Gasteiger partial charge >= 0.3 is 0 Å². The number of sulfonamides is 1. The Morgan fingerprint density at radius 3 is 2.72 bits per heavy atom. The van der Waals surface area contributed by atoms with Gasteiger partial charge in [0.25, 0.3) is 0 Å². The number of nitrogens with two attached hydrogens (primary N) is 1. The molecule has 7 heteroatoms. The smallest absolute Gasteiger partial charge is 0.232 e. The normalized spacial score (nSPS) is 12.7. The molecule has 0 unspecified atom stereocenters. The molecule has 0 heterocycles. The number of benzene rings is 1. The highest BCUT2D eigenvalue weighted by Gasteiger charge is 2.13. The zero-order chi connectivity index (χ0) is 13.8. The Bertz CT molecular complexity index is 538. The molecule has 4 N–H and O–H groups in total. The second kappa shape index (κ2) is 5.72. The van der Waals surface area contributed by atoms with Crippen LogP contribution >= 0.6 is 0 Å². The summed E-state index contributed by atoms with van der Waals surface area (Å²) >= 11 is 0. The van der Waals surface area contributed by atoms with Crippen molar-refractivity contribution in [2.75, 3.05) is 10.5 Å². The van der Waals surface area contributed by atoms with Crippen LogP contribution in [-0.4, -0.2) is 25.2 Å². The highest BCUT2D eigenvalue weighted by molar-refractivity contribution is 7.92. The topological polar surface area (TPSA) is 105 Å². The lowest BCUT2D eigenvalue weighted by Crippen LogP contribution is -2.20. The van der Waals surface area contributed by atoms with E-state index in [1.54, 1.807) is 18.2 Å². The van der Waals surface area contributed by atoms with Crippen LogP contribution in [0.4, 0.5) is 5.69 Å². The molecule has 0 spiro atoms. The van der Waals surface area contributed by atoms with E-state index in [-0.39, 0.29) is 17.5 Å². The van der Waals surface area contributed by atoms with Crippen LogP contribution in [0.5, 0.6) is 0 Å². The second-order valence-corrected chi connectivity index (χ2v) is 6.11. The molecule has 0 aliphatic carbocycles. The lowest BCUT2D eigenvalue weighted by molar-refractivity contribution is 0.318. The quantitative estimate of drug-likeness (QED) is 0.323. The second-order valence-electron chi connectivity index (χ2n) is 4.34. The van der Waals surface area contributed by atoms with Gasteiger partial charge in [0.2, 0.25) is 10.0 Å². The summed E-state index contributed by atoms with van der Waals surface area (Å²) < 4.78 is 25.9. The Morgan fingerprint density at radius 2 is 2.17 bits per heavy atom. The van der Waals surface area contributed by atoms with Crippen molar-refractivity contribution in [2.24, 2.45) is 16.8 Å². The third-order valence-electron chi connectivity index (χ3n) is 2.09. The molecule has 0 aliphatic rings. The van der Waals surface area contributed by atoms with E-state index in [4.69, 9.17) is 10.9 Å². The highest BCUT2D eigenvalue weighted by atomic mass is 32.2. The molecule has 1 aromatic carbocycles. The van der Waals surface area contributed by atoms with Crippen LogP contribution in [0.2, 0.25) is 0 Å². The van der Waals surface area contributed by atoms with Gasteiger partial charge in [-0.25, -0.2) is 8.42 Å². The summed E-state index contributed by atoms with van der Waals surface area (Å²) in [4.78, 5) is 0. The molecule has 0 fully saturated rings. The Kier molecular flexibility index (Phi) is 4.55. The van der Waals surface area contributed by atoms with E-state index < -0.39 is 10.0 Å². The average Bonchev–Trinajstić information content (AvgIpc) is 2.25. The maximum atomic E-state index is 11.7. The summed E-state index contributed by atoms with van der Waals surface area (Å²) in [6.07, 6.45) is 0. The average molecular weight is 271 g/mol. The predicted molar refractivity (Wildman–Crippen MR) is 71.2 cm³/mol. The lowest BCUT2D eigenvalue weighted by atomic mass is 10.2. The van der Waals surface area contributed by atoms with Crippen LogP contribution in [0.1, 0.15) is 19.4 Å². The molecule has 0 radical (unpaired) electrons. The fourth-order valence-electron chi connectivity index (χ4n) is 1.46. The number of oxime groups is 1. The number of nitrogens with zero attached hydrogens (tertiary/aromatic N) is 1. The molecule has 0 saturated heterocycles. The summed E-state index contributed by atoms with van der Waals surface area (Å²) in [5.74, 6) is 0.00974. The molecular weight excluding hydrogens is 254 g/mol. The van der Waals surface area contributed by atoms with Crippen LogP contribution in [0.15, 0.2) is 29.4 Å². The van der Waals surface area contributed by atoms with Crippen LogP contribution in [-0.2, 0) is 10.0 Å². The minimum Gasteiger partial charge on any atom is -0.409 e. The summed E-state index contributed by atoms with van der Waals surface area (Å²) in [5.41, 5.74) is 6.27. The maximum absolute atomic E-state index is 11.7. The number of anilines is 1. The highest BCUT2D eigenvalue weighted by Crippen LogP contribution is 2.13. The zero-order valence-corrected chi connectivity index (χ0v) is 11.1. The van der Waals surface area contributed by atoms with Gasteiger partial charge in [-0.05, 0) is 18.1 Å². The van der Waals surface area contributed by atoms with Gasteiger partial charge in [-0.15, -0.1) is 0 Å². The molecule has 0 amide bonds. The van der Waals surface area contributed by atoms with E-state index in [2.05, 4.69) is 9.88 Å². The van der Waals surface area contributed by atoms with Gasteiger partial charge in [0.05, 0.1) is 5.75 Å². The van der Waals surface area contributed by atoms with Crippen molar-refractivity contribution in [1.29, 1.82) is 0 Å². The van der Waals surface area contributed by atoms with Crippen LogP contribution in [0.3, 0.4) is 0 Å². The third kappa shape index (κ3) is 4.25. The molecular formula is C11H17N3O3S. The summed E-state index contributed by atoms with van der Waals surface area (Å²) in [6, 6.07) is 6.36. The van der Waals surface area contributed by atoms with Crippen molar-refractivity contribution in [3.63, 3.8) is 0 Å². The summed E-state index contributed by atoms with van der Waals surface area (Å²) in [6.45, 7) is 3.65. The van der Waals surface area contributed by atoms with Crippen molar-refractivity contribution >= 4 is 21.5 Å². The molecule has 0 aromatic heterocycles. The van der Waals surface area contributed by atoms with Gasteiger partial charge in [0.1, 0.15) is 0 Å². The van der Waals surface area contributed by atoms with Gasteiger partial charge in [0.15, 0.2) is 5.84 Å². The molecule has 6 nitrogen and oxygen atoms in total. The monoisotopic (exact) mass is 271 g/mol. The molecule has 100 valence electrons. The van der Waals surface area contributed by atoms with Crippen LogP contribution in [0.25, 0.3) is 0 Å². The number of amidine groups is 1. The fourth-order valence-corrected chi connectivity index (χ4v) is 2.91. The first kappa shape index (κ1) is 14.3. The number of rotatable bonds is 5. The van der Waals surface area contributed by atoms with Crippen molar-refractivity contribution in [2.45, 2.75) is 13.8 Å². The molecule has 0 bridgehead atoms. The molecule has 18 heavy (non-hydrogen) atoms. The third-order valence-corrected chi connectivity index (χ3v) is 3.74. The Labute approximate surface area is 107 Å². The van der Waals surface area contributed by atoms with Gasteiger partial charge in [-0.3, -0.25) is 4.72 Å². The molecule has 0 atom stereocenters. The largest absolute Gasteiger partial charge is 0.409 e. The Balaban J connectivity index is 2.92. The van der Waals surface area contributed by atoms with Gasteiger partial charge in [-0.1, -0.05) is 31.1 Å². The molecule has 0 saturated carbocycles. The van der Waals surface area contributed by atoms with Crippen molar-refractivity contribution in [1.82, 2.24) is 0 Å². The SMILES string of the molecule is CC(C)CS(=O)(=O)Nc1cccc(C(N)=NO)c1. The van der Waals surface area contributed by atoms with Gasteiger partial charge < -0.3 is 10.9 Å². The number of hydrogen-bond acceptors (Lipinski definition) is 4. The van der Waals surface area contributed by atoms with Crippen LogP contribution in [0, 0.1) is 5.92 Å². The maximum Gasteiger partial charge on any atom is 0.232 e. The van der Waals surface area contributed by atoms with Crippen molar-refractivity contribution in [3.05, 3.63) is 29.8 Å². The van der Waals surface area contributed by atoms with Gasteiger partial charge in [-0.2, -0.15) is 0 Å². The minimum absolute atomic E-state index is 0.0368. The first-order valence-electron chi connectivity index (χ1n) is 5.42. The van der Waals surface area contributed by atoms with Crippen molar-refractivity contribution < 1.29 is 13.6 Å². The molecule has 0 aliphatic heterocycles. The summed E-state index contributed by atoms with van der Waals surface area (Å²) in [7, 11) is -3.38.